The molecule has 0 saturated carbocycles. The first-order valence-corrected chi connectivity index (χ1v) is 3.87. The Kier molecular flexibility index (Phi) is 1.07. The Hall–Kier alpha value is -0.0200. The van der Waals surface area contributed by atoms with Crippen molar-refractivity contribution < 1.29 is 13.0 Å². The van der Waals surface area contributed by atoms with Crippen LogP contribution in [0.25, 0.3) is 0 Å². The quantitative estimate of drug-likeness (QED) is 0.762. The first kappa shape index (κ1) is 3.15. The fraction of sp³-hybridized carbons (Fsp3) is 0.143. The van der Waals surface area contributed by atoms with E-state index in [0.717, 1.165) is 0 Å². The topological polar surface area (TPSA) is 9.23 Å². The van der Waals surface area contributed by atoms with Crippen molar-refractivity contribution in [2.24, 2.45) is 0 Å². The van der Waals surface area contributed by atoms with Crippen LogP contribution in [0.4, 0.5) is 0 Å². The maximum atomic E-state index is 7.52. The SMILES string of the molecule is [2H]c1c([2H])c(Br)c(Br)c(OC([2H])([2H])[2H])c1[2H]. The van der Waals surface area contributed by atoms with Gasteiger partial charge in [0.15, 0.2) is 0 Å². The van der Waals surface area contributed by atoms with Gasteiger partial charge in [-0.15, -0.1) is 0 Å². The zero-order valence-corrected chi connectivity index (χ0v) is 7.84. The molecule has 0 heterocycles. The molecule has 0 N–H and O–H groups in total. The van der Waals surface area contributed by atoms with Crippen LogP contribution in [0.15, 0.2) is 27.1 Å². The molecule has 0 unspecified atom stereocenters. The van der Waals surface area contributed by atoms with E-state index in [1.165, 1.54) is 0 Å². The summed E-state index contributed by atoms with van der Waals surface area (Å²) in [4.78, 5) is 0. The summed E-state index contributed by atoms with van der Waals surface area (Å²) in [6.45, 7) is 0. The van der Waals surface area contributed by atoms with Crippen molar-refractivity contribution >= 4 is 31.9 Å². The Balaban J connectivity index is 3.40. The third-order valence-corrected chi connectivity index (χ3v) is 2.73. The van der Waals surface area contributed by atoms with Gasteiger partial charge in [-0.05, 0) is 43.9 Å². The summed E-state index contributed by atoms with van der Waals surface area (Å²) in [6, 6.07) is -1.03. The highest BCUT2D eigenvalue weighted by atomic mass is 79.9. The van der Waals surface area contributed by atoms with Gasteiger partial charge in [0.05, 0.1) is 19.7 Å². The van der Waals surface area contributed by atoms with Crippen LogP contribution >= 0.6 is 31.9 Å². The summed E-state index contributed by atoms with van der Waals surface area (Å²) in [5.74, 6) is -0.270. The van der Waals surface area contributed by atoms with E-state index in [2.05, 4.69) is 36.6 Å². The molecule has 0 aromatic heterocycles. The third kappa shape index (κ3) is 1.52. The first-order valence-electron chi connectivity index (χ1n) is 5.29. The van der Waals surface area contributed by atoms with Crippen molar-refractivity contribution in [2.75, 3.05) is 7.04 Å². The molecule has 0 aliphatic heterocycles. The summed E-state index contributed by atoms with van der Waals surface area (Å²) in [5, 5.41) is 0. The second-order valence-corrected chi connectivity index (χ2v) is 3.02. The number of hydrogen-bond acceptors (Lipinski definition) is 1. The summed E-state index contributed by atoms with van der Waals surface area (Å²) < 4.78 is 48.2. The molecular formula is C7H6Br2O. The number of hydrogen-bond donors (Lipinski definition) is 0. The highest BCUT2D eigenvalue weighted by Crippen LogP contribution is 2.31. The van der Waals surface area contributed by atoms with Gasteiger partial charge in [-0.2, -0.15) is 0 Å². The van der Waals surface area contributed by atoms with Crippen LogP contribution in [-0.2, 0) is 0 Å². The lowest BCUT2D eigenvalue weighted by molar-refractivity contribution is 0.412. The van der Waals surface area contributed by atoms with Crippen molar-refractivity contribution in [3.05, 3.63) is 27.1 Å². The number of halogens is 2. The minimum atomic E-state index is -2.70. The molecule has 3 heteroatoms. The predicted molar refractivity (Wildman–Crippen MR) is 48.4 cm³/mol. The van der Waals surface area contributed by atoms with Gasteiger partial charge in [0.1, 0.15) is 5.75 Å². The number of rotatable bonds is 1. The molecule has 1 nitrogen and oxygen atoms in total. The lowest BCUT2D eigenvalue weighted by Crippen LogP contribution is -1.83. The lowest BCUT2D eigenvalue weighted by Gasteiger charge is -2.02. The van der Waals surface area contributed by atoms with E-state index in [9.17, 15) is 0 Å². The van der Waals surface area contributed by atoms with Crippen molar-refractivity contribution in [3.63, 3.8) is 0 Å². The van der Waals surface area contributed by atoms with Crippen molar-refractivity contribution in [2.45, 2.75) is 0 Å². The molecule has 0 fully saturated rings. The molecule has 0 spiro atoms. The van der Waals surface area contributed by atoms with Crippen LogP contribution < -0.4 is 4.74 Å². The van der Waals surface area contributed by atoms with E-state index < -0.39 is 19.1 Å². The summed E-state index contributed by atoms with van der Waals surface area (Å²) >= 11 is 6.04. The van der Waals surface area contributed by atoms with Gasteiger partial charge in [-0.3, -0.25) is 0 Å². The van der Waals surface area contributed by atoms with Gasteiger partial charge >= 0.3 is 0 Å². The van der Waals surface area contributed by atoms with Crippen molar-refractivity contribution in [3.8, 4) is 5.75 Å². The molecule has 0 bridgehead atoms. The molecule has 1 aromatic rings. The highest BCUT2D eigenvalue weighted by Gasteiger charge is 2.00. The molecule has 0 aliphatic rings. The Morgan fingerprint density at radius 3 is 3.10 bits per heavy atom. The van der Waals surface area contributed by atoms with Gasteiger partial charge in [-0.25, -0.2) is 0 Å². The van der Waals surface area contributed by atoms with Gasteiger partial charge in [0.25, 0.3) is 0 Å². The largest absolute Gasteiger partial charge is 0.496 e. The lowest BCUT2D eigenvalue weighted by atomic mass is 10.3. The Labute approximate surface area is 85.1 Å². The van der Waals surface area contributed by atoms with Crippen LogP contribution in [0, 0.1) is 0 Å². The van der Waals surface area contributed by atoms with E-state index in [-0.39, 0.29) is 20.7 Å². The van der Waals surface area contributed by atoms with E-state index in [4.69, 9.17) is 8.22 Å². The first-order chi connectivity index (χ1) is 7.15. The second-order valence-electron chi connectivity index (χ2n) is 1.43. The van der Waals surface area contributed by atoms with Gasteiger partial charge < -0.3 is 4.74 Å². The zero-order chi connectivity index (χ0) is 12.7. The van der Waals surface area contributed by atoms with Crippen LogP contribution in [-0.4, -0.2) is 7.04 Å². The second kappa shape index (κ2) is 3.39. The normalized spacial score (nSPS) is 19.4. The van der Waals surface area contributed by atoms with E-state index in [1.807, 2.05) is 0 Å². The molecule has 1 rings (SSSR count). The smallest absolute Gasteiger partial charge is 0.134 e. The summed E-state index contributed by atoms with van der Waals surface area (Å²) in [7, 11) is -2.70. The summed E-state index contributed by atoms with van der Waals surface area (Å²) in [5.41, 5.74) is 0. The van der Waals surface area contributed by atoms with Gasteiger partial charge in [0, 0.05) is 4.47 Å². The average Bonchev–Trinajstić information content (AvgIpc) is 2.17. The predicted octanol–water partition coefficient (Wildman–Crippen LogP) is 3.22. The fourth-order valence-corrected chi connectivity index (χ4v) is 0.981. The maximum Gasteiger partial charge on any atom is 0.134 e. The molecule has 0 saturated heterocycles. The number of ether oxygens (including phenoxy) is 1. The molecule has 0 aliphatic carbocycles. The Bertz CT molecular complexity index is 401. The molecule has 54 valence electrons. The minimum Gasteiger partial charge on any atom is -0.496 e. The average molecular weight is 272 g/mol. The fourth-order valence-electron chi connectivity index (χ4n) is 0.423. The van der Waals surface area contributed by atoms with Crippen LogP contribution in [0.3, 0.4) is 0 Å². The number of benzene rings is 1. The van der Waals surface area contributed by atoms with Gasteiger partial charge in [-0.1, -0.05) is 6.04 Å². The van der Waals surface area contributed by atoms with E-state index in [0.29, 0.717) is 0 Å². The molecule has 0 radical (unpaired) electrons. The Morgan fingerprint density at radius 1 is 1.60 bits per heavy atom. The van der Waals surface area contributed by atoms with E-state index >= 15 is 0 Å². The van der Waals surface area contributed by atoms with E-state index in [1.54, 1.807) is 0 Å². The molecule has 0 amide bonds. The van der Waals surface area contributed by atoms with Crippen molar-refractivity contribution in [1.82, 2.24) is 0 Å². The van der Waals surface area contributed by atoms with Crippen LogP contribution in [0.5, 0.6) is 5.75 Å². The highest BCUT2D eigenvalue weighted by molar-refractivity contribution is 9.13. The monoisotopic (exact) mass is 270 g/mol. The Morgan fingerprint density at radius 2 is 2.40 bits per heavy atom. The molecule has 0 atom stereocenters. The third-order valence-electron chi connectivity index (χ3n) is 0.842. The minimum absolute atomic E-state index is 0.148. The zero-order valence-electron chi connectivity index (χ0n) is 10.7. The molecule has 10 heavy (non-hydrogen) atoms. The molecular weight excluding hydrogens is 260 g/mol. The molecule has 1 aromatic carbocycles. The maximum absolute atomic E-state index is 7.52. The summed E-state index contributed by atoms with van der Waals surface area (Å²) in [6.07, 6.45) is 0. The van der Waals surface area contributed by atoms with Gasteiger partial charge in [0.2, 0.25) is 0 Å². The number of methoxy groups -OCH3 is 1. The van der Waals surface area contributed by atoms with Crippen molar-refractivity contribution in [1.29, 1.82) is 0 Å². The van der Waals surface area contributed by atoms with Crippen LogP contribution in [0.2, 0.25) is 0 Å². The standard InChI is InChI=1S/C7H6Br2O/c1-10-6-4-2-3-5(8)7(6)9/h2-4H,1H3/i1D3,2D,3D,4D. The van der Waals surface area contributed by atoms with Crippen LogP contribution in [0.1, 0.15) is 8.22 Å².